The number of hydrogen-bond acceptors (Lipinski definition) is 3. The lowest BCUT2D eigenvalue weighted by Gasteiger charge is -2.27. The van der Waals surface area contributed by atoms with Crippen molar-refractivity contribution in [2.75, 3.05) is 18.9 Å². The van der Waals surface area contributed by atoms with Crippen LogP contribution in [0.2, 0.25) is 0 Å². The van der Waals surface area contributed by atoms with Gasteiger partial charge in [-0.3, -0.25) is 4.98 Å². The maximum atomic E-state index is 5.87. The lowest BCUT2D eigenvalue weighted by atomic mass is 9.96. The molecular weight excluding hydrogens is 152 g/mol. The molecule has 1 aromatic rings. The number of hydrogen-bond donors (Lipinski definition) is 1. The fourth-order valence-electron chi connectivity index (χ4n) is 1.37. The minimum atomic E-state index is 0.492. The lowest BCUT2D eigenvalue weighted by molar-refractivity contribution is 0.00867. The highest BCUT2D eigenvalue weighted by atomic mass is 16.5. The van der Waals surface area contributed by atoms with E-state index in [0.717, 1.165) is 24.6 Å². The molecule has 0 aromatic carbocycles. The predicted octanol–water partition coefficient (Wildman–Crippen LogP) is 1.09. The van der Waals surface area contributed by atoms with Crippen LogP contribution in [-0.2, 0) is 4.74 Å². The molecule has 0 amide bonds. The number of pyridine rings is 1. The van der Waals surface area contributed by atoms with E-state index < -0.39 is 0 Å². The van der Waals surface area contributed by atoms with Crippen LogP contribution in [0.4, 0.5) is 5.69 Å². The molecule has 0 saturated carbocycles. The quantitative estimate of drug-likeness (QED) is 0.675. The van der Waals surface area contributed by atoms with Gasteiger partial charge in [-0.05, 0) is 18.6 Å². The zero-order valence-corrected chi connectivity index (χ0v) is 7.08. The maximum absolute atomic E-state index is 5.87. The SMILES string of the molecule is Cc1nccc(C2COC2)c1N. The molecular formula is C9H12N2O. The van der Waals surface area contributed by atoms with Gasteiger partial charge in [0.2, 0.25) is 0 Å². The zero-order valence-electron chi connectivity index (χ0n) is 7.08. The maximum Gasteiger partial charge on any atom is 0.0604 e. The molecule has 0 radical (unpaired) electrons. The number of ether oxygens (including phenoxy) is 1. The largest absolute Gasteiger partial charge is 0.397 e. The Hall–Kier alpha value is -1.09. The van der Waals surface area contributed by atoms with E-state index in [-0.39, 0.29) is 0 Å². The van der Waals surface area contributed by atoms with Gasteiger partial charge in [-0.2, -0.15) is 0 Å². The summed E-state index contributed by atoms with van der Waals surface area (Å²) in [5.41, 5.74) is 8.80. The normalized spacial score (nSPS) is 17.4. The topological polar surface area (TPSA) is 48.1 Å². The molecule has 2 N–H and O–H groups in total. The molecule has 1 fully saturated rings. The van der Waals surface area contributed by atoms with Crippen molar-refractivity contribution in [3.05, 3.63) is 23.5 Å². The zero-order chi connectivity index (χ0) is 8.55. The van der Waals surface area contributed by atoms with E-state index in [2.05, 4.69) is 4.98 Å². The molecule has 2 heterocycles. The second-order valence-corrected chi connectivity index (χ2v) is 3.13. The van der Waals surface area contributed by atoms with Crippen LogP contribution < -0.4 is 5.73 Å². The Balaban J connectivity index is 2.36. The van der Waals surface area contributed by atoms with E-state index in [9.17, 15) is 0 Å². The van der Waals surface area contributed by atoms with Crippen molar-refractivity contribution < 1.29 is 4.74 Å². The number of nitrogen functional groups attached to an aromatic ring is 1. The molecule has 0 aliphatic carbocycles. The van der Waals surface area contributed by atoms with Crippen LogP contribution >= 0.6 is 0 Å². The number of nitrogens with two attached hydrogens (primary N) is 1. The van der Waals surface area contributed by atoms with Crippen molar-refractivity contribution in [3.63, 3.8) is 0 Å². The lowest BCUT2D eigenvalue weighted by Crippen LogP contribution is -2.26. The average molecular weight is 164 g/mol. The summed E-state index contributed by atoms with van der Waals surface area (Å²) >= 11 is 0. The average Bonchev–Trinajstić information content (AvgIpc) is 1.95. The smallest absolute Gasteiger partial charge is 0.0604 e. The van der Waals surface area contributed by atoms with Gasteiger partial charge < -0.3 is 10.5 Å². The van der Waals surface area contributed by atoms with E-state index in [1.165, 1.54) is 5.56 Å². The molecule has 2 rings (SSSR count). The van der Waals surface area contributed by atoms with Gasteiger partial charge in [0, 0.05) is 12.1 Å². The molecule has 0 atom stereocenters. The third-order valence-corrected chi connectivity index (χ3v) is 2.30. The summed E-state index contributed by atoms with van der Waals surface area (Å²) < 4.78 is 5.11. The molecule has 64 valence electrons. The number of aromatic nitrogens is 1. The molecule has 12 heavy (non-hydrogen) atoms. The van der Waals surface area contributed by atoms with Crippen LogP contribution in [0.1, 0.15) is 17.2 Å². The predicted molar refractivity (Wildman–Crippen MR) is 46.9 cm³/mol. The summed E-state index contributed by atoms with van der Waals surface area (Å²) in [5, 5.41) is 0. The summed E-state index contributed by atoms with van der Waals surface area (Å²) in [6, 6.07) is 1.98. The van der Waals surface area contributed by atoms with Gasteiger partial charge in [0.05, 0.1) is 24.6 Å². The first-order chi connectivity index (χ1) is 5.79. The van der Waals surface area contributed by atoms with Crippen molar-refractivity contribution >= 4 is 5.69 Å². The van der Waals surface area contributed by atoms with Crippen LogP contribution in [-0.4, -0.2) is 18.2 Å². The van der Waals surface area contributed by atoms with E-state index in [0.29, 0.717) is 5.92 Å². The number of aryl methyl sites for hydroxylation is 1. The first-order valence-corrected chi connectivity index (χ1v) is 4.08. The fraction of sp³-hybridized carbons (Fsp3) is 0.444. The van der Waals surface area contributed by atoms with Gasteiger partial charge in [0.1, 0.15) is 0 Å². The van der Waals surface area contributed by atoms with Crippen LogP contribution in [0.5, 0.6) is 0 Å². The summed E-state index contributed by atoms with van der Waals surface area (Å²) in [7, 11) is 0. The van der Waals surface area contributed by atoms with Gasteiger partial charge in [-0.15, -0.1) is 0 Å². The van der Waals surface area contributed by atoms with Crippen LogP contribution in [0, 0.1) is 6.92 Å². The number of nitrogens with zero attached hydrogens (tertiary/aromatic N) is 1. The first-order valence-electron chi connectivity index (χ1n) is 4.08. The van der Waals surface area contributed by atoms with Crippen LogP contribution in [0.15, 0.2) is 12.3 Å². The van der Waals surface area contributed by atoms with Gasteiger partial charge in [0.25, 0.3) is 0 Å². The van der Waals surface area contributed by atoms with Crippen LogP contribution in [0.25, 0.3) is 0 Å². The first kappa shape index (κ1) is 7.55. The van der Waals surface area contributed by atoms with Gasteiger partial charge in [0.15, 0.2) is 0 Å². The van der Waals surface area contributed by atoms with Crippen molar-refractivity contribution in [3.8, 4) is 0 Å². The second kappa shape index (κ2) is 2.75. The van der Waals surface area contributed by atoms with E-state index in [4.69, 9.17) is 10.5 Å². The molecule has 3 nitrogen and oxygen atoms in total. The standard InChI is InChI=1S/C9H12N2O/c1-6-9(10)8(2-3-11-6)7-4-12-5-7/h2-3,7H,4-5,10H2,1H3. The van der Waals surface area contributed by atoms with Gasteiger partial charge in [-0.25, -0.2) is 0 Å². The van der Waals surface area contributed by atoms with Crippen molar-refractivity contribution in [2.24, 2.45) is 0 Å². The minimum Gasteiger partial charge on any atom is -0.397 e. The Morgan fingerprint density at radius 1 is 1.58 bits per heavy atom. The molecule has 0 bridgehead atoms. The Morgan fingerprint density at radius 2 is 2.33 bits per heavy atom. The minimum absolute atomic E-state index is 0.492. The van der Waals surface area contributed by atoms with Gasteiger partial charge in [-0.1, -0.05) is 0 Å². The Morgan fingerprint density at radius 3 is 2.92 bits per heavy atom. The molecule has 0 unspecified atom stereocenters. The Kier molecular flexibility index (Phi) is 1.73. The molecule has 3 heteroatoms. The summed E-state index contributed by atoms with van der Waals surface area (Å²) in [6.45, 7) is 3.53. The highest BCUT2D eigenvalue weighted by Crippen LogP contribution is 2.29. The third kappa shape index (κ3) is 1.06. The number of rotatable bonds is 1. The summed E-state index contributed by atoms with van der Waals surface area (Å²) in [5.74, 6) is 0.492. The van der Waals surface area contributed by atoms with Crippen molar-refractivity contribution in [1.82, 2.24) is 4.98 Å². The molecule has 1 aliphatic heterocycles. The molecule has 1 saturated heterocycles. The van der Waals surface area contributed by atoms with Crippen molar-refractivity contribution in [2.45, 2.75) is 12.8 Å². The van der Waals surface area contributed by atoms with Crippen molar-refractivity contribution in [1.29, 1.82) is 0 Å². The Bertz CT molecular complexity index is 295. The monoisotopic (exact) mass is 164 g/mol. The third-order valence-electron chi connectivity index (χ3n) is 2.30. The van der Waals surface area contributed by atoms with E-state index >= 15 is 0 Å². The second-order valence-electron chi connectivity index (χ2n) is 3.13. The number of anilines is 1. The molecule has 0 spiro atoms. The van der Waals surface area contributed by atoms with E-state index in [1.807, 2.05) is 13.0 Å². The molecule has 1 aliphatic rings. The molecule has 1 aromatic heterocycles. The van der Waals surface area contributed by atoms with Crippen LogP contribution in [0.3, 0.4) is 0 Å². The highest BCUT2D eigenvalue weighted by molar-refractivity contribution is 5.52. The van der Waals surface area contributed by atoms with Gasteiger partial charge >= 0.3 is 0 Å². The fourth-order valence-corrected chi connectivity index (χ4v) is 1.37. The summed E-state index contributed by atoms with van der Waals surface area (Å²) in [4.78, 5) is 4.11. The highest BCUT2D eigenvalue weighted by Gasteiger charge is 2.22. The summed E-state index contributed by atoms with van der Waals surface area (Å²) in [6.07, 6.45) is 1.80. The van der Waals surface area contributed by atoms with E-state index in [1.54, 1.807) is 6.20 Å². The Labute approximate surface area is 71.6 Å².